The highest BCUT2D eigenvalue weighted by atomic mass is 32.2. The molecule has 7 heteroatoms. The lowest BCUT2D eigenvalue weighted by Crippen LogP contribution is -2.56. The van der Waals surface area contributed by atoms with Gasteiger partial charge in [0.15, 0.2) is 0 Å². The molecular formula is C12H25N3O3S. The fourth-order valence-corrected chi connectivity index (χ4v) is 4.58. The molecule has 0 aromatic rings. The highest BCUT2D eigenvalue weighted by molar-refractivity contribution is 7.86. The fourth-order valence-electron chi connectivity index (χ4n) is 2.62. The van der Waals surface area contributed by atoms with Crippen LogP contribution in [0.2, 0.25) is 0 Å². The number of nitrogens with one attached hydrogen (secondary N) is 1. The molecule has 0 aromatic carbocycles. The number of nitrogens with zero attached hydrogens (tertiary/aromatic N) is 2. The largest absolute Gasteiger partial charge is 0.375 e. The summed E-state index contributed by atoms with van der Waals surface area (Å²) >= 11 is 0. The van der Waals surface area contributed by atoms with Crippen LogP contribution in [0, 0.1) is 0 Å². The van der Waals surface area contributed by atoms with Crippen molar-refractivity contribution in [1.82, 2.24) is 13.9 Å². The Kier molecular flexibility index (Phi) is 5.19. The number of morpholine rings is 1. The Morgan fingerprint density at radius 1 is 1.32 bits per heavy atom. The van der Waals surface area contributed by atoms with Crippen molar-refractivity contribution in [2.45, 2.75) is 38.8 Å². The third kappa shape index (κ3) is 3.46. The maximum Gasteiger partial charge on any atom is 0.282 e. The van der Waals surface area contributed by atoms with Gasteiger partial charge in [0.2, 0.25) is 0 Å². The Labute approximate surface area is 116 Å². The molecule has 6 nitrogen and oxygen atoms in total. The molecule has 0 amide bonds. The Bertz CT molecular complexity index is 380. The van der Waals surface area contributed by atoms with E-state index < -0.39 is 10.2 Å². The van der Waals surface area contributed by atoms with E-state index in [0.717, 1.165) is 25.9 Å². The van der Waals surface area contributed by atoms with Crippen molar-refractivity contribution < 1.29 is 13.2 Å². The summed E-state index contributed by atoms with van der Waals surface area (Å²) in [6, 6.07) is -0.0302. The first kappa shape index (κ1) is 15.2. The molecule has 0 radical (unpaired) electrons. The van der Waals surface area contributed by atoms with Gasteiger partial charge in [-0.05, 0) is 26.3 Å². The van der Waals surface area contributed by atoms with Crippen LogP contribution in [0.4, 0.5) is 0 Å². The van der Waals surface area contributed by atoms with Gasteiger partial charge in [0, 0.05) is 32.2 Å². The molecule has 0 spiro atoms. The van der Waals surface area contributed by atoms with Crippen LogP contribution in [0.15, 0.2) is 0 Å². The highest BCUT2D eigenvalue weighted by Crippen LogP contribution is 2.21. The van der Waals surface area contributed by atoms with Gasteiger partial charge in [-0.25, -0.2) is 0 Å². The maximum absolute atomic E-state index is 12.8. The van der Waals surface area contributed by atoms with Gasteiger partial charge in [-0.2, -0.15) is 17.0 Å². The van der Waals surface area contributed by atoms with Gasteiger partial charge in [0.25, 0.3) is 10.2 Å². The second-order valence-corrected chi connectivity index (χ2v) is 7.17. The van der Waals surface area contributed by atoms with Gasteiger partial charge in [-0.15, -0.1) is 0 Å². The van der Waals surface area contributed by atoms with E-state index in [0.29, 0.717) is 26.2 Å². The smallest absolute Gasteiger partial charge is 0.282 e. The molecule has 1 N–H and O–H groups in total. The normalized spacial score (nSPS) is 32.1. The van der Waals surface area contributed by atoms with Crippen molar-refractivity contribution in [2.75, 3.05) is 39.3 Å². The molecule has 19 heavy (non-hydrogen) atoms. The fraction of sp³-hybridized carbons (Fsp3) is 1.00. The molecule has 2 aliphatic heterocycles. The van der Waals surface area contributed by atoms with Gasteiger partial charge in [0.05, 0.1) is 12.7 Å². The quantitative estimate of drug-likeness (QED) is 0.797. The topological polar surface area (TPSA) is 61.9 Å². The Balaban J connectivity index is 2.15. The third-order valence-electron chi connectivity index (χ3n) is 3.81. The van der Waals surface area contributed by atoms with Crippen LogP contribution in [-0.4, -0.2) is 68.5 Å². The molecule has 2 heterocycles. The molecule has 2 atom stereocenters. The predicted molar refractivity (Wildman–Crippen MR) is 74.2 cm³/mol. The van der Waals surface area contributed by atoms with Crippen molar-refractivity contribution >= 4 is 10.2 Å². The van der Waals surface area contributed by atoms with Crippen LogP contribution in [-0.2, 0) is 14.9 Å². The average Bonchev–Trinajstić information content (AvgIpc) is 2.68. The minimum Gasteiger partial charge on any atom is -0.375 e. The predicted octanol–water partition coefficient (Wildman–Crippen LogP) is 0.0258. The van der Waals surface area contributed by atoms with E-state index in [2.05, 4.69) is 5.32 Å². The van der Waals surface area contributed by atoms with Crippen molar-refractivity contribution in [3.05, 3.63) is 0 Å². The Morgan fingerprint density at radius 2 is 2.11 bits per heavy atom. The Morgan fingerprint density at radius 3 is 2.84 bits per heavy atom. The van der Waals surface area contributed by atoms with E-state index in [1.807, 2.05) is 13.8 Å². The zero-order valence-corrected chi connectivity index (χ0v) is 12.7. The summed E-state index contributed by atoms with van der Waals surface area (Å²) in [6.07, 6.45) is 1.64. The van der Waals surface area contributed by atoms with Gasteiger partial charge >= 0.3 is 0 Å². The summed E-state index contributed by atoms with van der Waals surface area (Å²) in [4.78, 5) is 0. The summed E-state index contributed by atoms with van der Waals surface area (Å²) in [6.45, 7) is 7.70. The number of ether oxygens (including phenoxy) is 1. The lowest BCUT2D eigenvalue weighted by Gasteiger charge is -2.39. The maximum atomic E-state index is 12.8. The second kappa shape index (κ2) is 6.49. The molecule has 0 bridgehead atoms. The van der Waals surface area contributed by atoms with Crippen LogP contribution in [0.3, 0.4) is 0 Å². The third-order valence-corrected chi connectivity index (χ3v) is 5.87. The minimum atomic E-state index is -3.36. The van der Waals surface area contributed by atoms with Crippen molar-refractivity contribution in [2.24, 2.45) is 0 Å². The zero-order valence-electron chi connectivity index (χ0n) is 11.8. The van der Waals surface area contributed by atoms with Gasteiger partial charge in [0.1, 0.15) is 0 Å². The van der Waals surface area contributed by atoms with Crippen molar-refractivity contribution in [3.8, 4) is 0 Å². The summed E-state index contributed by atoms with van der Waals surface area (Å²) in [5.41, 5.74) is 0. The molecule has 2 unspecified atom stereocenters. The molecule has 2 aliphatic rings. The summed E-state index contributed by atoms with van der Waals surface area (Å²) in [7, 11) is -3.36. The first-order valence-corrected chi connectivity index (χ1v) is 8.54. The van der Waals surface area contributed by atoms with Crippen LogP contribution in [0.25, 0.3) is 0 Å². The molecule has 2 fully saturated rings. The van der Waals surface area contributed by atoms with Crippen molar-refractivity contribution in [3.63, 3.8) is 0 Å². The van der Waals surface area contributed by atoms with Crippen LogP contribution in [0.1, 0.15) is 26.7 Å². The molecular weight excluding hydrogens is 266 g/mol. The lowest BCUT2D eigenvalue weighted by atomic mass is 10.2. The van der Waals surface area contributed by atoms with E-state index in [9.17, 15) is 8.42 Å². The van der Waals surface area contributed by atoms with E-state index in [-0.39, 0.29) is 12.1 Å². The minimum absolute atomic E-state index is 0.0253. The van der Waals surface area contributed by atoms with E-state index in [1.165, 1.54) is 0 Å². The van der Waals surface area contributed by atoms with Gasteiger partial charge in [-0.1, -0.05) is 6.92 Å². The number of rotatable bonds is 3. The van der Waals surface area contributed by atoms with Crippen molar-refractivity contribution in [1.29, 1.82) is 0 Å². The number of hydrogen-bond acceptors (Lipinski definition) is 4. The molecule has 0 aliphatic carbocycles. The molecule has 0 saturated carbocycles. The molecule has 112 valence electrons. The zero-order chi connectivity index (χ0) is 13.9. The lowest BCUT2D eigenvalue weighted by molar-refractivity contribution is -0.0250. The molecule has 2 rings (SSSR count). The van der Waals surface area contributed by atoms with E-state index in [4.69, 9.17) is 4.74 Å². The first-order chi connectivity index (χ1) is 9.05. The number of hydrogen-bond donors (Lipinski definition) is 1. The highest BCUT2D eigenvalue weighted by Gasteiger charge is 2.38. The SMILES string of the molecule is CCC1COC(C)CN1S(=O)(=O)N1CCCNCC1. The summed E-state index contributed by atoms with van der Waals surface area (Å²) < 4.78 is 34.4. The Hall–Kier alpha value is -0.210. The molecule has 2 saturated heterocycles. The second-order valence-electron chi connectivity index (χ2n) is 5.29. The molecule has 0 aromatic heterocycles. The van der Waals surface area contributed by atoms with Gasteiger partial charge in [-0.3, -0.25) is 0 Å². The summed E-state index contributed by atoms with van der Waals surface area (Å²) in [5, 5.41) is 3.24. The first-order valence-electron chi connectivity index (χ1n) is 7.15. The van der Waals surface area contributed by atoms with Gasteiger partial charge < -0.3 is 10.1 Å². The van der Waals surface area contributed by atoms with Crippen LogP contribution in [0.5, 0.6) is 0 Å². The van der Waals surface area contributed by atoms with E-state index >= 15 is 0 Å². The van der Waals surface area contributed by atoms with Crippen LogP contribution < -0.4 is 5.32 Å². The van der Waals surface area contributed by atoms with E-state index in [1.54, 1.807) is 8.61 Å². The average molecular weight is 291 g/mol. The monoisotopic (exact) mass is 291 g/mol. The van der Waals surface area contributed by atoms with Crippen LogP contribution >= 0.6 is 0 Å². The summed E-state index contributed by atoms with van der Waals surface area (Å²) in [5.74, 6) is 0. The standard InChI is InChI=1S/C12H25N3O3S/c1-3-12-10-18-11(2)9-15(12)19(16,17)14-7-4-5-13-6-8-14/h11-13H,3-10H2,1-2H3.